The Balaban J connectivity index is 2.14. The molecule has 1 fully saturated rings. The molecule has 1 aliphatic rings. The Kier molecular flexibility index (Phi) is 4.00. The molecule has 0 saturated heterocycles. The zero-order valence-electron chi connectivity index (χ0n) is 10.9. The van der Waals surface area contributed by atoms with Crippen molar-refractivity contribution < 1.29 is 8.78 Å². The lowest BCUT2D eigenvalue weighted by Crippen LogP contribution is -2.36. The molecule has 3 heteroatoms. The van der Waals surface area contributed by atoms with E-state index in [9.17, 15) is 8.78 Å². The van der Waals surface area contributed by atoms with Gasteiger partial charge in [0.1, 0.15) is 11.6 Å². The molecule has 0 bridgehead atoms. The maximum Gasteiger partial charge on any atom is 0.126 e. The fourth-order valence-corrected chi connectivity index (χ4v) is 2.97. The molecular formula is C15H21F2N. The zero-order valence-corrected chi connectivity index (χ0v) is 10.9. The van der Waals surface area contributed by atoms with Crippen LogP contribution in [-0.4, -0.2) is 6.54 Å². The molecule has 0 heterocycles. The maximum atomic E-state index is 13.2. The highest BCUT2D eigenvalue weighted by atomic mass is 19.1. The molecule has 0 unspecified atom stereocenters. The summed E-state index contributed by atoms with van der Waals surface area (Å²) >= 11 is 0. The molecule has 1 saturated carbocycles. The van der Waals surface area contributed by atoms with Crippen LogP contribution in [0.1, 0.15) is 38.2 Å². The van der Waals surface area contributed by atoms with E-state index in [1.165, 1.54) is 12.1 Å². The van der Waals surface area contributed by atoms with Crippen LogP contribution in [0.4, 0.5) is 8.78 Å². The van der Waals surface area contributed by atoms with Crippen molar-refractivity contribution in [1.82, 2.24) is 0 Å². The van der Waals surface area contributed by atoms with Gasteiger partial charge in [-0.15, -0.1) is 0 Å². The highest BCUT2D eigenvalue weighted by Crippen LogP contribution is 2.40. The minimum Gasteiger partial charge on any atom is -0.330 e. The van der Waals surface area contributed by atoms with Crippen molar-refractivity contribution in [2.75, 3.05) is 6.54 Å². The molecule has 1 aromatic carbocycles. The van der Waals surface area contributed by atoms with Crippen LogP contribution in [0.2, 0.25) is 0 Å². The Morgan fingerprint density at radius 2 is 1.72 bits per heavy atom. The van der Waals surface area contributed by atoms with E-state index in [2.05, 4.69) is 6.92 Å². The Morgan fingerprint density at radius 3 is 2.22 bits per heavy atom. The molecule has 0 atom stereocenters. The van der Waals surface area contributed by atoms with E-state index < -0.39 is 11.6 Å². The molecule has 1 aliphatic carbocycles. The zero-order chi connectivity index (χ0) is 13.2. The highest BCUT2D eigenvalue weighted by molar-refractivity contribution is 5.20. The molecule has 18 heavy (non-hydrogen) atoms. The van der Waals surface area contributed by atoms with Crippen molar-refractivity contribution in [1.29, 1.82) is 0 Å². The van der Waals surface area contributed by atoms with Gasteiger partial charge < -0.3 is 5.73 Å². The Hall–Kier alpha value is -0.960. The number of hydrogen-bond acceptors (Lipinski definition) is 1. The van der Waals surface area contributed by atoms with Gasteiger partial charge in [-0.05, 0) is 54.8 Å². The third-order valence-electron chi connectivity index (χ3n) is 4.27. The van der Waals surface area contributed by atoms with Gasteiger partial charge in [0.15, 0.2) is 0 Å². The van der Waals surface area contributed by atoms with E-state index >= 15 is 0 Å². The summed E-state index contributed by atoms with van der Waals surface area (Å²) in [6.07, 6.45) is 5.13. The van der Waals surface area contributed by atoms with Crippen LogP contribution in [0, 0.1) is 23.0 Å². The third kappa shape index (κ3) is 3.08. The second-order valence-electron chi connectivity index (χ2n) is 5.84. The van der Waals surface area contributed by atoms with Crippen molar-refractivity contribution in [3.8, 4) is 0 Å². The van der Waals surface area contributed by atoms with E-state index in [-0.39, 0.29) is 5.41 Å². The molecule has 1 aromatic rings. The number of rotatable bonds is 3. The molecule has 0 amide bonds. The number of hydrogen-bond donors (Lipinski definition) is 1. The van der Waals surface area contributed by atoms with Crippen molar-refractivity contribution in [3.63, 3.8) is 0 Å². The summed E-state index contributed by atoms with van der Waals surface area (Å²) in [5.41, 5.74) is 6.68. The molecule has 2 N–H and O–H groups in total. The first-order valence-electron chi connectivity index (χ1n) is 6.68. The summed E-state index contributed by atoms with van der Waals surface area (Å²) < 4.78 is 26.4. The second kappa shape index (κ2) is 5.35. The van der Waals surface area contributed by atoms with Crippen molar-refractivity contribution in [3.05, 3.63) is 35.4 Å². The van der Waals surface area contributed by atoms with Crippen LogP contribution in [0.25, 0.3) is 0 Å². The van der Waals surface area contributed by atoms with E-state index in [0.717, 1.165) is 43.2 Å². The summed E-state index contributed by atoms with van der Waals surface area (Å²) in [4.78, 5) is 0. The van der Waals surface area contributed by atoms with E-state index in [0.29, 0.717) is 13.0 Å². The number of nitrogens with two attached hydrogens (primary N) is 1. The van der Waals surface area contributed by atoms with E-state index in [1.807, 2.05) is 0 Å². The summed E-state index contributed by atoms with van der Waals surface area (Å²) in [5, 5.41) is 0. The Bertz CT molecular complexity index is 389. The van der Waals surface area contributed by atoms with Crippen LogP contribution in [0.5, 0.6) is 0 Å². The Labute approximate surface area is 107 Å². The molecule has 100 valence electrons. The summed E-state index contributed by atoms with van der Waals surface area (Å²) in [6.45, 7) is 2.85. The molecule has 1 nitrogen and oxygen atoms in total. The molecule has 2 rings (SSSR count). The molecule has 0 radical (unpaired) electrons. The average Bonchev–Trinajstić information content (AvgIpc) is 2.31. The lowest BCUT2D eigenvalue weighted by Gasteiger charge is -2.38. The van der Waals surface area contributed by atoms with Crippen molar-refractivity contribution in [2.45, 2.75) is 39.0 Å². The second-order valence-corrected chi connectivity index (χ2v) is 5.84. The van der Waals surface area contributed by atoms with Gasteiger partial charge >= 0.3 is 0 Å². The number of halogens is 2. The van der Waals surface area contributed by atoms with Gasteiger partial charge in [-0.1, -0.05) is 19.8 Å². The third-order valence-corrected chi connectivity index (χ3v) is 4.27. The first-order chi connectivity index (χ1) is 8.53. The van der Waals surface area contributed by atoms with Crippen LogP contribution in [-0.2, 0) is 6.42 Å². The van der Waals surface area contributed by atoms with Crippen molar-refractivity contribution >= 4 is 0 Å². The normalized spacial score (nSPS) is 28.3. The molecule has 0 aromatic heterocycles. The lowest BCUT2D eigenvalue weighted by molar-refractivity contribution is 0.163. The predicted molar refractivity (Wildman–Crippen MR) is 69.2 cm³/mol. The topological polar surface area (TPSA) is 26.0 Å². The highest BCUT2D eigenvalue weighted by Gasteiger charge is 2.33. The van der Waals surface area contributed by atoms with Crippen LogP contribution < -0.4 is 5.73 Å². The fraction of sp³-hybridized carbons (Fsp3) is 0.600. The van der Waals surface area contributed by atoms with Gasteiger partial charge in [-0.25, -0.2) is 8.78 Å². The first-order valence-corrected chi connectivity index (χ1v) is 6.68. The molecule has 0 aliphatic heterocycles. The summed E-state index contributed by atoms with van der Waals surface area (Å²) in [7, 11) is 0. The molecular weight excluding hydrogens is 232 g/mol. The monoisotopic (exact) mass is 253 g/mol. The van der Waals surface area contributed by atoms with E-state index in [1.54, 1.807) is 0 Å². The fourth-order valence-electron chi connectivity index (χ4n) is 2.97. The van der Waals surface area contributed by atoms with Gasteiger partial charge in [-0.3, -0.25) is 0 Å². The molecule has 0 spiro atoms. The summed E-state index contributed by atoms with van der Waals surface area (Å²) in [5.74, 6) is -0.253. The predicted octanol–water partition coefficient (Wildman–Crippen LogP) is 3.66. The standard InChI is InChI=1S/C15H21F2N/c1-11-2-4-15(10-18,5-3-11)9-12-6-13(16)8-14(17)7-12/h6-8,11H,2-5,9-10,18H2,1H3. The average molecular weight is 253 g/mol. The van der Waals surface area contributed by atoms with Crippen LogP contribution in [0.15, 0.2) is 18.2 Å². The van der Waals surface area contributed by atoms with Crippen LogP contribution >= 0.6 is 0 Å². The quantitative estimate of drug-likeness (QED) is 0.874. The maximum absolute atomic E-state index is 13.2. The van der Waals surface area contributed by atoms with Gasteiger partial charge in [0.2, 0.25) is 0 Å². The minimum atomic E-state index is -0.499. The number of benzene rings is 1. The largest absolute Gasteiger partial charge is 0.330 e. The summed E-state index contributed by atoms with van der Waals surface area (Å²) in [6, 6.07) is 3.78. The minimum absolute atomic E-state index is 0.0345. The Morgan fingerprint density at radius 1 is 1.17 bits per heavy atom. The van der Waals surface area contributed by atoms with Gasteiger partial charge in [0, 0.05) is 6.07 Å². The van der Waals surface area contributed by atoms with Gasteiger partial charge in [0.05, 0.1) is 0 Å². The lowest BCUT2D eigenvalue weighted by atomic mass is 9.68. The van der Waals surface area contributed by atoms with Gasteiger partial charge in [-0.2, -0.15) is 0 Å². The van der Waals surface area contributed by atoms with Gasteiger partial charge in [0.25, 0.3) is 0 Å². The van der Waals surface area contributed by atoms with E-state index in [4.69, 9.17) is 5.73 Å². The SMILES string of the molecule is CC1CCC(CN)(Cc2cc(F)cc(F)c2)CC1. The van der Waals surface area contributed by atoms with Crippen LogP contribution in [0.3, 0.4) is 0 Å². The first kappa shape index (κ1) is 13.5. The van der Waals surface area contributed by atoms with Crippen molar-refractivity contribution in [2.24, 2.45) is 17.1 Å². The smallest absolute Gasteiger partial charge is 0.126 e.